The third-order valence-corrected chi connectivity index (χ3v) is 5.45. The van der Waals surface area contributed by atoms with Crippen molar-refractivity contribution in [3.63, 3.8) is 0 Å². The minimum Gasteiger partial charge on any atom is -0.465 e. The van der Waals surface area contributed by atoms with Crippen LogP contribution in [0.25, 0.3) is 0 Å². The number of amides is 2. The molecule has 2 amide bonds. The fourth-order valence-electron chi connectivity index (χ4n) is 3.69. The van der Waals surface area contributed by atoms with Gasteiger partial charge in [0.2, 0.25) is 5.91 Å². The van der Waals surface area contributed by atoms with Crippen LogP contribution in [-0.4, -0.2) is 61.0 Å². The topological polar surface area (TPSA) is 101 Å². The number of nitrogens with one attached hydrogen (secondary N) is 2. The van der Waals surface area contributed by atoms with Crippen LogP contribution >= 0.6 is 0 Å². The quantitative estimate of drug-likeness (QED) is 0.714. The van der Waals surface area contributed by atoms with E-state index in [0.717, 1.165) is 24.8 Å². The van der Waals surface area contributed by atoms with Gasteiger partial charge in [0.25, 0.3) is 5.91 Å². The summed E-state index contributed by atoms with van der Waals surface area (Å²) in [7, 11) is 1.30. The zero-order chi connectivity index (χ0) is 22.8. The Labute approximate surface area is 188 Å². The molecule has 32 heavy (non-hydrogen) atoms. The standard InChI is InChI=1S/C24H30N4O4/c1-32-24(31)19-10-11-20(27-17-19)23(30)28-14-6-5-12-26-22(29)16-21(25-13-7-15-28)18-8-3-2-4-9-18/h2-4,8-11,17,21,25H,5-7,12-16H2,1H3,(H,26,29). The molecule has 2 N–H and O–H groups in total. The largest absolute Gasteiger partial charge is 0.465 e. The van der Waals surface area contributed by atoms with Crippen molar-refractivity contribution in [2.24, 2.45) is 0 Å². The summed E-state index contributed by atoms with van der Waals surface area (Å²) in [5.41, 5.74) is 1.67. The minimum atomic E-state index is -0.486. The van der Waals surface area contributed by atoms with E-state index in [9.17, 15) is 14.4 Å². The average molecular weight is 439 g/mol. The van der Waals surface area contributed by atoms with Crippen molar-refractivity contribution >= 4 is 17.8 Å². The second kappa shape index (κ2) is 12.0. The fourth-order valence-corrected chi connectivity index (χ4v) is 3.69. The Bertz CT molecular complexity index is 902. The minimum absolute atomic E-state index is 0.0217. The maximum atomic E-state index is 13.0. The fraction of sp³-hybridized carbons (Fsp3) is 0.417. The molecule has 3 rings (SSSR count). The normalized spacial score (nSPS) is 18.5. The molecule has 1 saturated heterocycles. The van der Waals surface area contributed by atoms with E-state index in [1.165, 1.54) is 13.3 Å². The van der Waals surface area contributed by atoms with Gasteiger partial charge in [0.1, 0.15) is 5.69 Å². The van der Waals surface area contributed by atoms with E-state index >= 15 is 0 Å². The lowest BCUT2D eigenvalue weighted by Crippen LogP contribution is -2.35. The van der Waals surface area contributed by atoms with Gasteiger partial charge in [-0.25, -0.2) is 4.79 Å². The van der Waals surface area contributed by atoms with Crippen LogP contribution < -0.4 is 10.6 Å². The first-order valence-corrected chi connectivity index (χ1v) is 11.0. The first kappa shape index (κ1) is 23.4. The van der Waals surface area contributed by atoms with Gasteiger partial charge in [-0.2, -0.15) is 0 Å². The van der Waals surface area contributed by atoms with Crippen LogP contribution in [0.4, 0.5) is 0 Å². The van der Waals surface area contributed by atoms with Crippen molar-refractivity contribution in [1.82, 2.24) is 20.5 Å². The van der Waals surface area contributed by atoms with Crippen molar-refractivity contribution in [2.45, 2.75) is 31.7 Å². The zero-order valence-electron chi connectivity index (χ0n) is 18.4. The van der Waals surface area contributed by atoms with E-state index in [0.29, 0.717) is 43.9 Å². The van der Waals surface area contributed by atoms with E-state index in [1.807, 2.05) is 30.3 Å². The van der Waals surface area contributed by atoms with E-state index in [2.05, 4.69) is 20.4 Å². The van der Waals surface area contributed by atoms with Crippen molar-refractivity contribution in [3.8, 4) is 0 Å². The lowest BCUT2D eigenvalue weighted by molar-refractivity contribution is -0.121. The molecule has 1 aliphatic heterocycles. The van der Waals surface area contributed by atoms with Crippen LogP contribution in [-0.2, 0) is 9.53 Å². The van der Waals surface area contributed by atoms with Gasteiger partial charge in [-0.3, -0.25) is 14.6 Å². The van der Waals surface area contributed by atoms with E-state index in [1.54, 1.807) is 17.0 Å². The molecule has 1 aliphatic rings. The van der Waals surface area contributed by atoms with Crippen molar-refractivity contribution in [3.05, 3.63) is 65.5 Å². The first-order chi connectivity index (χ1) is 15.6. The van der Waals surface area contributed by atoms with E-state index in [-0.39, 0.29) is 17.9 Å². The molecule has 1 aromatic heterocycles. The molecular formula is C24H30N4O4. The monoisotopic (exact) mass is 438 g/mol. The molecule has 0 radical (unpaired) electrons. The average Bonchev–Trinajstić information content (AvgIpc) is 2.85. The highest BCUT2D eigenvalue weighted by molar-refractivity contribution is 5.94. The second-order valence-corrected chi connectivity index (χ2v) is 7.75. The van der Waals surface area contributed by atoms with Crippen molar-refractivity contribution in [2.75, 3.05) is 33.3 Å². The third-order valence-electron chi connectivity index (χ3n) is 5.45. The number of hydrogen-bond acceptors (Lipinski definition) is 6. The summed E-state index contributed by atoms with van der Waals surface area (Å²) < 4.78 is 4.68. The number of benzene rings is 1. The number of esters is 1. The molecule has 1 unspecified atom stereocenters. The smallest absolute Gasteiger partial charge is 0.339 e. The van der Waals surface area contributed by atoms with Crippen LogP contribution in [0.2, 0.25) is 0 Å². The summed E-state index contributed by atoms with van der Waals surface area (Å²) in [6, 6.07) is 13.0. The zero-order valence-corrected chi connectivity index (χ0v) is 18.4. The number of carbonyl (C=O) groups excluding carboxylic acids is 3. The number of methoxy groups -OCH3 is 1. The summed E-state index contributed by atoms with van der Waals surface area (Å²) in [6.45, 7) is 2.41. The van der Waals surface area contributed by atoms with Crippen molar-refractivity contribution < 1.29 is 19.1 Å². The van der Waals surface area contributed by atoms with E-state index in [4.69, 9.17) is 0 Å². The molecule has 170 valence electrons. The highest BCUT2D eigenvalue weighted by atomic mass is 16.5. The third kappa shape index (κ3) is 6.62. The summed E-state index contributed by atoms with van der Waals surface area (Å²) in [5.74, 6) is -0.631. The molecule has 0 bridgehead atoms. The number of pyridine rings is 1. The molecule has 8 heteroatoms. The van der Waals surface area contributed by atoms with Gasteiger partial charge in [0.15, 0.2) is 0 Å². The summed E-state index contributed by atoms with van der Waals surface area (Å²) in [4.78, 5) is 42.9. The Morgan fingerprint density at radius 3 is 2.53 bits per heavy atom. The van der Waals surface area contributed by atoms with Crippen LogP contribution in [0.3, 0.4) is 0 Å². The van der Waals surface area contributed by atoms with Gasteiger partial charge in [-0.15, -0.1) is 0 Å². The first-order valence-electron chi connectivity index (χ1n) is 11.0. The molecule has 0 aliphatic carbocycles. The number of nitrogens with zero attached hydrogens (tertiary/aromatic N) is 2. The van der Waals surface area contributed by atoms with E-state index < -0.39 is 5.97 Å². The number of rotatable bonds is 3. The predicted molar refractivity (Wildman–Crippen MR) is 120 cm³/mol. The number of aromatic nitrogens is 1. The maximum absolute atomic E-state index is 13.0. The van der Waals surface area contributed by atoms with Gasteiger partial charge < -0.3 is 20.3 Å². The second-order valence-electron chi connectivity index (χ2n) is 7.75. The molecule has 2 aromatic rings. The number of hydrogen-bond donors (Lipinski definition) is 2. The Morgan fingerprint density at radius 1 is 1.03 bits per heavy atom. The number of carbonyl (C=O) groups is 3. The summed E-state index contributed by atoms with van der Waals surface area (Å²) in [5, 5.41) is 6.44. The van der Waals surface area contributed by atoms with Gasteiger partial charge in [-0.05, 0) is 43.5 Å². The Kier molecular flexibility index (Phi) is 8.74. The van der Waals surface area contributed by atoms with Gasteiger partial charge in [0, 0.05) is 38.3 Å². The molecule has 8 nitrogen and oxygen atoms in total. The molecule has 1 fully saturated rings. The van der Waals surface area contributed by atoms with Crippen LogP contribution in [0, 0.1) is 0 Å². The maximum Gasteiger partial charge on any atom is 0.339 e. The Balaban J connectivity index is 1.66. The highest BCUT2D eigenvalue weighted by Crippen LogP contribution is 2.17. The SMILES string of the molecule is COC(=O)c1ccc(C(=O)N2CCCCNC(=O)CC(c3ccccc3)NCCC2)nc1. The van der Waals surface area contributed by atoms with Crippen LogP contribution in [0.1, 0.15) is 58.1 Å². The molecule has 2 heterocycles. The van der Waals surface area contributed by atoms with Crippen LogP contribution in [0.15, 0.2) is 48.7 Å². The lowest BCUT2D eigenvalue weighted by atomic mass is 10.0. The molecule has 0 spiro atoms. The van der Waals surface area contributed by atoms with Crippen molar-refractivity contribution in [1.29, 1.82) is 0 Å². The number of ether oxygens (including phenoxy) is 1. The predicted octanol–water partition coefficient (Wildman–Crippen LogP) is 2.33. The van der Waals surface area contributed by atoms with Crippen LogP contribution in [0.5, 0.6) is 0 Å². The Hall–Kier alpha value is -3.26. The Morgan fingerprint density at radius 2 is 1.81 bits per heavy atom. The van der Waals surface area contributed by atoms with Gasteiger partial charge in [0.05, 0.1) is 12.7 Å². The highest BCUT2D eigenvalue weighted by Gasteiger charge is 2.20. The molecule has 1 atom stereocenters. The molecular weight excluding hydrogens is 408 g/mol. The summed E-state index contributed by atoms with van der Waals surface area (Å²) in [6.07, 6.45) is 4.05. The lowest BCUT2D eigenvalue weighted by Gasteiger charge is -2.23. The van der Waals surface area contributed by atoms with Gasteiger partial charge in [-0.1, -0.05) is 30.3 Å². The summed E-state index contributed by atoms with van der Waals surface area (Å²) >= 11 is 0. The molecule has 1 aromatic carbocycles. The van der Waals surface area contributed by atoms with Gasteiger partial charge >= 0.3 is 5.97 Å². The molecule has 0 saturated carbocycles.